The molecule has 0 aliphatic carbocycles. The first kappa shape index (κ1) is 44.8. The van der Waals surface area contributed by atoms with E-state index in [1.54, 1.807) is 60.7 Å². The lowest BCUT2D eigenvalue weighted by atomic mass is 9.85. The summed E-state index contributed by atoms with van der Waals surface area (Å²) in [6.07, 6.45) is 0. The predicted octanol–water partition coefficient (Wildman–Crippen LogP) is 13.5. The monoisotopic (exact) mass is 1030 g/mol. The lowest BCUT2D eigenvalue weighted by Gasteiger charge is -2.21. The fraction of sp³-hybridized carbons (Fsp3) is 0.0625. The number of pyridine rings is 2. The van der Waals surface area contributed by atoms with Gasteiger partial charge in [0.15, 0.2) is 0 Å². The van der Waals surface area contributed by atoms with Crippen LogP contribution < -0.4 is 41.2 Å². The number of hydrogen-bond acceptors (Lipinski definition) is 12. The van der Waals surface area contributed by atoms with Crippen molar-refractivity contribution >= 4 is 131 Å². The summed E-state index contributed by atoms with van der Waals surface area (Å²) in [5.74, 6) is 1.25. The highest BCUT2D eigenvalue weighted by Crippen LogP contribution is 2.51. The van der Waals surface area contributed by atoms with Gasteiger partial charge in [0, 0.05) is 76.8 Å². The van der Waals surface area contributed by atoms with Crippen molar-refractivity contribution in [1.82, 2.24) is 9.13 Å². The molecule has 0 unspecified atom stereocenters. The zero-order valence-corrected chi connectivity index (χ0v) is 41.8. The third-order valence-electron chi connectivity index (χ3n) is 15.2. The number of aromatic nitrogens is 2. The van der Waals surface area contributed by atoms with E-state index in [0.717, 1.165) is 9.13 Å². The summed E-state index contributed by atoms with van der Waals surface area (Å²) in [6.45, 7) is 0. The van der Waals surface area contributed by atoms with E-state index >= 15 is 19.2 Å². The van der Waals surface area contributed by atoms with Gasteiger partial charge in [-0.15, -0.1) is 0 Å². The molecule has 11 aromatic carbocycles. The quantitative estimate of drug-likeness (QED) is 0.114. The molecule has 0 saturated heterocycles. The normalized spacial score (nSPS) is 12.1. The van der Waals surface area contributed by atoms with Crippen LogP contribution >= 0.6 is 0 Å². The molecular formula is C64H38N2O12. The molecule has 0 aliphatic heterocycles. The van der Waals surface area contributed by atoms with Gasteiger partial charge in [0.1, 0.15) is 67.7 Å². The number of rotatable bonds is 6. The first-order valence-electron chi connectivity index (χ1n) is 24.8. The summed E-state index contributed by atoms with van der Waals surface area (Å²) in [5, 5.41) is 6.11. The van der Waals surface area contributed by atoms with Crippen molar-refractivity contribution in [2.24, 2.45) is 0 Å². The zero-order chi connectivity index (χ0) is 52.8. The maximum Gasteiger partial charge on any atom is 0.266 e. The SMILES string of the molecule is COc1ccc(OC)c(-n2c(=O)c3cc4oc5ccccc5c5ccccc5oc5cc6c(=O)n(-c7cc(OC)ccc7OC)c(=O)c7cc8oc9ccccc9c9ccccc9oc9cc(c2=O)c3c2c4c5c(c67)c8c92)c1. The number of nitrogens with zero attached hydrogens (tertiary/aromatic N) is 2. The molecule has 0 radical (unpaired) electrons. The second-order valence-electron chi connectivity index (χ2n) is 19.0. The molecule has 376 valence electrons. The molecule has 0 N–H and O–H groups in total. The first-order valence-corrected chi connectivity index (χ1v) is 24.8. The molecule has 4 aromatic heterocycles. The molecule has 0 saturated carbocycles. The van der Waals surface area contributed by atoms with E-state index in [1.165, 1.54) is 28.4 Å². The van der Waals surface area contributed by atoms with Crippen LogP contribution in [0.1, 0.15) is 0 Å². The van der Waals surface area contributed by atoms with Gasteiger partial charge in [0.25, 0.3) is 22.2 Å². The maximum absolute atomic E-state index is 15.7. The third-order valence-corrected chi connectivity index (χ3v) is 15.2. The molecular weight excluding hydrogens is 989 g/mol. The minimum Gasteiger partial charge on any atom is -0.497 e. The molecule has 78 heavy (non-hydrogen) atoms. The summed E-state index contributed by atoms with van der Waals surface area (Å²) in [4.78, 5) is 62.9. The summed E-state index contributed by atoms with van der Waals surface area (Å²) in [5.41, 5.74) is 0.0785. The Kier molecular flexibility index (Phi) is 9.46. The predicted molar refractivity (Wildman–Crippen MR) is 304 cm³/mol. The molecule has 0 atom stereocenters. The lowest BCUT2D eigenvalue weighted by Crippen LogP contribution is -2.32. The Labute approximate surface area is 436 Å². The van der Waals surface area contributed by atoms with Crippen molar-refractivity contribution in [3.05, 3.63) is 199 Å². The van der Waals surface area contributed by atoms with Crippen LogP contribution in [0.2, 0.25) is 0 Å². The largest absolute Gasteiger partial charge is 0.497 e. The van der Waals surface area contributed by atoms with Crippen molar-refractivity contribution in [1.29, 1.82) is 0 Å². The van der Waals surface area contributed by atoms with Crippen molar-refractivity contribution < 1.29 is 36.6 Å². The Balaban J connectivity index is 1.33. The van der Waals surface area contributed by atoms with Gasteiger partial charge < -0.3 is 36.6 Å². The van der Waals surface area contributed by atoms with Crippen LogP contribution in [0.5, 0.6) is 23.0 Å². The van der Waals surface area contributed by atoms with Gasteiger partial charge in [0.05, 0.1) is 61.4 Å². The smallest absolute Gasteiger partial charge is 0.266 e. The van der Waals surface area contributed by atoms with Crippen molar-refractivity contribution in [2.45, 2.75) is 0 Å². The Morgan fingerprint density at radius 3 is 0.833 bits per heavy atom. The number of hydrogen-bond donors (Lipinski definition) is 0. The molecule has 15 aromatic rings. The van der Waals surface area contributed by atoms with Crippen molar-refractivity contribution in [3.8, 4) is 34.4 Å². The number of methoxy groups -OCH3 is 4. The molecule has 4 heterocycles. The molecule has 0 fully saturated rings. The van der Waals surface area contributed by atoms with E-state index in [1.807, 2.05) is 97.1 Å². The number of benzene rings is 11. The molecule has 0 aliphatic rings. The van der Waals surface area contributed by atoms with Gasteiger partial charge in [-0.25, -0.2) is 9.13 Å². The summed E-state index contributed by atoms with van der Waals surface area (Å²) < 4.78 is 54.1. The standard InChI is InChI=1S/C64H38N2O12/c1-71-31-21-23-47(73-3)41(25-31)65-61(67)37-27-49-55-57-51(77-45-19-11-7-15-35(45)33-13-5-9-17-43(33)75-49)29-39-54-40(64(70)66(63(39)69)42-26-32(72-2)22-24-48(42)74-4)30-52-58(60(54)57)56-50(28-38(62(65)68)53(37)59(55)56)76-44-18-10-6-14-34(44)36-16-8-12-20-46(36)78-52/h5-30H,1-4H3. The van der Waals surface area contributed by atoms with Crippen LogP contribution in [0.25, 0.3) is 142 Å². The topological polar surface area (TPSA) is 168 Å². The van der Waals surface area contributed by atoms with Crippen LogP contribution in [0, 0.1) is 0 Å². The van der Waals surface area contributed by atoms with Gasteiger partial charge in [0.2, 0.25) is 0 Å². The van der Waals surface area contributed by atoms with E-state index in [0.29, 0.717) is 98.5 Å². The number of fused-ring (bicyclic) bond motifs is 6. The zero-order valence-electron chi connectivity index (χ0n) is 41.8. The van der Waals surface area contributed by atoms with E-state index in [9.17, 15) is 0 Å². The summed E-state index contributed by atoms with van der Waals surface area (Å²) >= 11 is 0. The fourth-order valence-corrected chi connectivity index (χ4v) is 11.8. The molecule has 0 spiro atoms. The molecule has 0 bridgehead atoms. The first-order chi connectivity index (χ1) is 38.2. The van der Waals surface area contributed by atoms with Gasteiger partial charge in [-0.3, -0.25) is 19.2 Å². The molecule has 0 amide bonds. The van der Waals surface area contributed by atoms with Crippen LogP contribution in [0.4, 0.5) is 0 Å². The second kappa shape index (κ2) is 16.4. The van der Waals surface area contributed by atoms with E-state index in [-0.39, 0.29) is 66.8 Å². The Morgan fingerprint density at radius 1 is 0.282 bits per heavy atom. The fourth-order valence-electron chi connectivity index (χ4n) is 11.8. The molecule has 14 nitrogen and oxygen atoms in total. The van der Waals surface area contributed by atoms with Crippen LogP contribution in [0.3, 0.4) is 0 Å². The van der Waals surface area contributed by atoms with Crippen molar-refractivity contribution in [2.75, 3.05) is 28.4 Å². The minimum absolute atomic E-state index is 0.121. The molecule has 14 heteroatoms. The van der Waals surface area contributed by atoms with Gasteiger partial charge >= 0.3 is 0 Å². The number of para-hydroxylation sites is 4. The highest BCUT2D eigenvalue weighted by Gasteiger charge is 2.31. The Bertz CT molecular complexity index is 4890. The minimum atomic E-state index is -0.672. The number of ether oxygens (including phenoxy) is 4. The van der Waals surface area contributed by atoms with E-state index in [2.05, 4.69) is 0 Å². The van der Waals surface area contributed by atoms with Crippen molar-refractivity contribution in [3.63, 3.8) is 0 Å². The van der Waals surface area contributed by atoms with Crippen LogP contribution in [0.15, 0.2) is 195 Å². The summed E-state index contributed by atoms with van der Waals surface area (Å²) in [6, 6.07) is 46.3. The van der Waals surface area contributed by atoms with Gasteiger partial charge in [-0.2, -0.15) is 0 Å². The maximum atomic E-state index is 15.7. The van der Waals surface area contributed by atoms with Crippen LogP contribution in [-0.4, -0.2) is 37.6 Å². The van der Waals surface area contributed by atoms with Gasteiger partial charge in [-0.1, -0.05) is 72.8 Å². The highest BCUT2D eigenvalue weighted by atomic mass is 16.5. The average molecular weight is 1030 g/mol. The van der Waals surface area contributed by atoms with Gasteiger partial charge in [-0.05, 0) is 72.8 Å². The second-order valence-corrected chi connectivity index (χ2v) is 19.0. The third kappa shape index (κ3) is 6.07. The Morgan fingerprint density at radius 2 is 0.564 bits per heavy atom. The average Bonchev–Trinajstić information content (AvgIpc) is 1.33. The van der Waals surface area contributed by atoms with E-state index in [4.69, 9.17) is 36.6 Å². The van der Waals surface area contributed by atoms with Crippen LogP contribution in [-0.2, 0) is 0 Å². The highest BCUT2D eigenvalue weighted by molar-refractivity contribution is 6.47. The van der Waals surface area contributed by atoms with E-state index < -0.39 is 22.2 Å². The summed E-state index contributed by atoms with van der Waals surface area (Å²) in [7, 11) is 5.91. The molecule has 15 rings (SSSR count). The lowest BCUT2D eigenvalue weighted by molar-refractivity contribution is 0.401. The Hall–Kier alpha value is -10.6.